The van der Waals surface area contributed by atoms with Gasteiger partial charge < -0.3 is 11.1 Å². The smallest absolute Gasteiger partial charge is 0.177 e. The van der Waals surface area contributed by atoms with Crippen molar-refractivity contribution in [2.45, 2.75) is 64.3 Å². The summed E-state index contributed by atoms with van der Waals surface area (Å²) in [5.74, 6) is 0.792. The third-order valence-corrected chi connectivity index (χ3v) is 5.57. The Morgan fingerprint density at radius 1 is 1.25 bits per heavy atom. The minimum absolute atomic E-state index is 0.0160. The fraction of sp³-hybridized carbons (Fsp3) is 0.688. The normalized spacial score (nSPS) is 19.8. The highest BCUT2D eigenvalue weighted by Crippen LogP contribution is 2.51. The van der Waals surface area contributed by atoms with Crippen LogP contribution in [0, 0.1) is 5.92 Å². The average Bonchev–Trinajstić information content (AvgIpc) is 3.00. The summed E-state index contributed by atoms with van der Waals surface area (Å²) in [6.07, 6.45) is 7.56. The predicted molar refractivity (Wildman–Crippen MR) is 85.8 cm³/mol. The minimum Gasteiger partial charge on any atom is -0.397 e. The Kier molecular flexibility index (Phi) is 3.76. The highest BCUT2D eigenvalue weighted by molar-refractivity contribution is 7.18. The number of carbonyl (C=O) groups excluding carboxylic acids is 1. The van der Waals surface area contributed by atoms with Crippen LogP contribution in [-0.4, -0.2) is 11.8 Å². The molecule has 3 N–H and O–H groups in total. The zero-order chi connectivity index (χ0) is 14.3. The van der Waals surface area contributed by atoms with E-state index in [0.29, 0.717) is 12.0 Å². The predicted octanol–water partition coefficient (Wildman–Crippen LogP) is 4.40. The largest absolute Gasteiger partial charge is 0.397 e. The molecule has 2 fully saturated rings. The molecule has 2 aliphatic rings. The SMILES string of the molecule is CC(C)C(=O)c1sc(NC2CCCC2)c(C2CC2)c1N. The Bertz CT molecular complexity index is 511. The quantitative estimate of drug-likeness (QED) is 0.791. The molecule has 2 aliphatic carbocycles. The van der Waals surface area contributed by atoms with Gasteiger partial charge in [-0.15, -0.1) is 11.3 Å². The molecule has 0 unspecified atom stereocenters. The molecule has 20 heavy (non-hydrogen) atoms. The molecule has 2 saturated carbocycles. The van der Waals surface area contributed by atoms with Crippen LogP contribution >= 0.6 is 11.3 Å². The first-order valence-corrected chi connectivity index (χ1v) is 8.62. The van der Waals surface area contributed by atoms with Crippen LogP contribution in [-0.2, 0) is 0 Å². The lowest BCUT2D eigenvalue weighted by atomic mass is 10.0. The Morgan fingerprint density at radius 2 is 1.90 bits per heavy atom. The van der Waals surface area contributed by atoms with Gasteiger partial charge in [-0.2, -0.15) is 0 Å². The molecule has 0 aromatic carbocycles. The van der Waals surface area contributed by atoms with Gasteiger partial charge in [0.05, 0.1) is 15.6 Å². The first-order valence-electron chi connectivity index (χ1n) is 7.80. The van der Waals surface area contributed by atoms with Crippen molar-refractivity contribution >= 4 is 27.8 Å². The van der Waals surface area contributed by atoms with Crippen molar-refractivity contribution in [1.82, 2.24) is 0 Å². The highest BCUT2D eigenvalue weighted by Gasteiger charge is 2.34. The van der Waals surface area contributed by atoms with Crippen molar-refractivity contribution in [3.63, 3.8) is 0 Å². The van der Waals surface area contributed by atoms with Crippen LogP contribution in [0.1, 0.15) is 73.5 Å². The molecule has 1 aromatic heterocycles. The van der Waals surface area contributed by atoms with E-state index in [1.54, 1.807) is 11.3 Å². The van der Waals surface area contributed by atoms with E-state index in [-0.39, 0.29) is 11.7 Å². The molecule has 3 nitrogen and oxygen atoms in total. The van der Waals surface area contributed by atoms with Gasteiger partial charge in [-0.1, -0.05) is 26.7 Å². The summed E-state index contributed by atoms with van der Waals surface area (Å²) >= 11 is 1.59. The first-order chi connectivity index (χ1) is 9.58. The van der Waals surface area contributed by atoms with Gasteiger partial charge in [0.2, 0.25) is 0 Å². The average molecular weight is 292 g/mol. The summed E-state index contributed by atoms with van der Waals surface area (Å²) in [5, 5.41) is 4.85. The number of nitrogen functional groups attached to an aromatic ring is 1. The molecule has 1 heterocycles. The van der Waals surface area contributed by atoms with Crippen LogP contribution in [0.4, 0.5) is 10.7 Å². The Morgan fingerprint density at radius 3 is 2.45 bits per heavy atom. The number of Topliss-reactive ketones (excluding diaryl/α,β-unsaturated/α-hetero) is 1. The second-order valence-electron chi connectivity index (χ2n) is 6.51. The van der Waals surface area contributed by atoms with Crippen molar-refractivity contribution < 1.29 is 4.79 Å². The Hall–Kier alpha value is -1.03. The van der Waals surface area contributed by atoms with Crippen LogP contribution < -0.4 is 11.1 Å². The van der Waals surface area contributed by atoms with Crippen molar-refractivity contribution in [3.8, 4) is 0 Å². The van der Waals surface area contributed by atoms with E-state index in [1.165, 1.54) is 49.1 Å². The van der Waals surface area contributed by atoms with Crippen LogP contribution in [0.3, 0.4) is 0 Å². The molecule has 0 amide bonds. The molecule has 0 radical (unpaired) electrons. The van der Waals surface area contributed by atoms with E-state index >= 15 is 0 Å². The van der Waals surface area contributed by atoms with E-state index in [1.807, 2.05) is 13.8 Å². The molecular formula is C16H24N2OS. The highest BCUT2D eigenvalue weighted by atomic mass is 32.1. The minimum atomic E-state index is 0.0160. The lowest BCUT2D eigenvalue weighted by Gasteiger charge is -2.13. The number of hydrogen-bond donors (Lipinski definition) is 2. The van der Waals surface area contributed by atoms with Gasteiger partial charge in [0.25, 0.3) is 0 Å². The monoisotopic (exact) mass is 292 g/mol. The van der Waals surface area contributed by atoms with Crippen molar-refractivity contribution in [2.24, 2.45) is 5.92 Å². The Labute approximate surface area is 124 Å². The molecule has 0 saturated heterocycles. The van der Waals surface area contributed by atoms with E-state index in [0.717, 1.165) is 10.6 Å². The van der Waals surface area contributed by atoms with Gasteiger partial charge in [0.15, 0.2) is 5.78 Å². The molecule has 0 spiro atoms. The maximum absolute atomic E-state index is 12.3. The maximum atomic E-state index is 12.3. The number of rotatable bonds is 5. The molecule has 0 bridgehead atoms. The van der Waals surface area contributed by atoms with Crippen molar-refractivity contribution in [2.75, 3.05) is 11.1 Å². The van der Waals surface area contributed by atoms with Crippen LogP contribution in [0.25, 0.3) is 0 Å². The topological polar surface area (TPSA) is 55.1 Å². The number of nitrogens with one attached hydrogen (secondary N) is 1. The summed E-state index contributed by atoms with van der Waals surface area (Å²) in [6, 6.07) is 0.576. The van der Waals surface area contributed by atoms with Gasteiger partial charge in [-0.25, -0.2) is 0 Å². The van der Waals surface area contributed by atoms with Crippen molar-refractivity contribution in [1.29, 1.82) is 0 Å². The van der Waals surface area contributed by atoms with Gasteiger partial charge in [-0.3, -0.25) is 4.79 Å². The van der Waals surface area contributed by atoms with E-state index in [4.69, 9.17) is 5.73 Å². The second kappa shape index (κ2) is 5.40. The lowest BCUT2D eigenvalue weighted by Crippen LogP contribution is -2.14. The molecule has 3 rings (SSSR count). The van der Waals surface area contributed by atoms with E-state index < -0.39 is 0 Å². The molecule has 0 aliphatic heterocycles. The third-order valence-electron chi connectivity index (χ3n) is 4.41. The number of anilines is 2. The molecule has 110 valence electrons. The zero-order valence-electron chi connectivity index (χ0n) is 12.4. The van der Waals surface area contributed by atoms with Gasteiger partial charge in [0, 0.05) is 17.5 Å². The number of hydrogen-bond acceptors (Lipinski definition) is 4. The molecule has 0 atom stereocenters. The summed E-state index contributed by atoms with van der Waals surface area (Å²) in [7, 11) is 0. The summed E-state index contributed by atoms with van der Waals surface area (Å²) in [6.45, 7) is 3.89. The van der Waals surface area contributed by atoms with Crippen LogP contribution in [0.15, 0.2) is 0 Å². The molecular weight excluding hydrogens is 268 g/mol. The maximum Gasteiger partial charge on any atom is 0.177 e. The second-order valence-corrected chi connectivity index (χ2v) is 7.53. The number of thiophene rings is 1. The van der Waals surface area contributed by atoms with Crippen LogP contribution in [0.2, 0.25) is 0 Å². The fourth-order valence-corrected chi connectivity index (χ4v) is 4.41. The van der Waals surface area contributed by atoms with Gasteiger partial charge in [0.1, 0.15) is 0 Å². The number of nitrogens with two attached hydrogens (primary N) is 1. The summed E-state index contributed by atoms with van der Waals surface area (Å²) in [4.78, 5) is 13.1. The van der Waals surface area contributed by atoms with Crippen molar-refractivity contribution in [3.05, 3.63) is 10.4 Å². The molecule has 4 heteroatoms. The lowest BCUT2D eigenvalue weighted by molar-refractivity contribution is 0.0944. The first kappa shape index (κ1) is 13.9. The van der Waals surface area contributed by atoms with E-state index in [9.17, 15) is 4.79 Å². The zero-order valence-corrected chi connectivity index (χ0v) is 13.2. The molecule has 1 aromatic rings. The number of ketones is 1. The number of carbonyl (C=O) groups is 1. The summed E-state index contributed by atoms with van der Waals surface area (Å²) in [5.41, 5.74) is 8.31. The van der Waals surface area contributed by atoms with Gasteiger partial charge in [-0.05, 0) is 31.6 Å². The fourth-order valence-electron chi connectivity index (χ4n) is 3.04. The Balaban J connectivity index is 1.91. The standard InChI is InChI=1S/C16H24N2OS/c1-9(2)14(19)15-13(17)12(10-7-8-10)16(20-15)18-11-5-3-4-6-11/h9-11,18H,3-8,17H2,1-2H3. The van der Waals surface area contributed by atoms with Crippen LogP contribution in [0.5, 0.6) is 0 Å². The van der Waals surface area contributed by atoms with Gasteiger partial charge >= 0.3 is 0 Å². The van der Waals surface area contributed by atoms with E-state index in [2.05, 4.69) is 5.32 Å². The summed E-state index contributed by atoms with van der Waals surface area (Å²) < 4.78 is 0. The third kappa shape index (κ3) is 2.58.